The molecule has 2 aromatic rings. The lowest BCUT2D eigenvalue weighted by atomic mass is 10.0. The number of alkyl halides is 3. The van der Waals surface area contributed by atoms with Crippen LogP contribution in [-0.4, -0.2) is 33.4 Å². The third kappa shape index (κ3) is 5.48. The Labute approximate surface area is 192 Å². The summed E-state index contributed by atoms with van der Waals surface area (Å²) in [5.41, 5.74) is 8.32. The summed E-state index contributed by atoms with van der Waals surface area (Å²) >= 11 is 0. The van der Waals surface area contributed by atoms with Gasteiger partial charge in [0.25, 0.3) is 0 Å². The van der Waals surface area contributed by atoms with E-state index in [-0.39, 0.29) is 24.7 Å². The van der Waals surface area contributed by atoms with Gasteiger partial charge in [0.1, 0.15) is 24.2 Å². The van der Waals surface area contributed by atoms with Crippen molar-refractivity contribution >= 4 is 15.7 Å². The monoisotopic (exact) mass is 481 g/mol. The molecular weight excluding hydrogens is 453 g/mol. The van der Waals surface area contributed by atoms with E-state index in [4.69, 9.17) is 10.5 Å². The van der Waals surface area contributed by atoms with Gasteiger partial charge in [0.05, 0.1) is 0 Å². The summed E-state index contributed by atoms with van der Waals surface area (Å²) in [6.07, 6.45) is -0.428. The number of rotatable bonds is 7. The summed E-state index contributed by atoms with van der Waals surface area (Å²) in [5, 5.41) is 0. The average Bonchev–Trinajstić information content (AvgIpc) is 2.72. The summed E-state index contributed by atoms with van der Waals surface area (Å²) in [5.74, 6) is -0.589. The highest BCUT2D eigenvalue weighted by Gasteiger charge is 2.50. The van der Waals surface area contributed by atoms with Crippen molar-refractivity contribution < 1.29 is 26.3 Å². The van der Waals surface area contributed by atoms with Crippen molar-refractivity contribution in [2.24, 2.45) is 5.73 Å². The molecular formula is C24H28F3N2O3S+. The van der Waals surface area contributed by atoms with Gasteiger partial charge in [0.2, 0.25) is 0 Å². The maximum atomic E-state index is 13.1. The van der Waals surface area contributed by atoms with Crippen LogP contribution in [0.4, 0.5) is 18.9 Å². The molecule has 1 atom stereocenters. The van der Waals surface area contributed by atoms with Crippen LogP contribution in [0.5, 0.6) is 11.5 Å². The van der Waals surface area contributed by atoms with Gasteiger partial charge in [-0.15, -0.1) is 0 Å². The Morgan fingerprint density at radius 3 is 2.36 bits per heavy atom. The fourth-order valence-electron chi connectivity index (χ4n) is 3.80. The molecule has 2 N–H and O–H groups in total. The number of hydrogen-bond donors (Lipinski definition) is 1. The molecule has 0 bridgehead atoms. The molecule has 3 rings (SSSR count). The highest BCUT2D eigenvalue weighted by molar-refractivity contribution is 7.91. The Hall–Kier alpha value is -2.62. The summed E-state index contributed by atoms with van der Waals surface area (Å²) in [4.78, 5) is 0. The van der Waals surface area contributed by atoms with Crippen LogP contribution in [-0.2, 0) is 10.0 Å². The fourth-order valence-corrected chi connectivity index (χ4v) is 5.50. The number of benzene rings is 2. The largest absolute Gasteiger partial charge is 0.457 e. The van der Waals surface area contributed by atoms with Gasteiger partial charge in [0.15, 0.2) is 11.4 Å². The topological polar surface area (TPSA) is 69.4 Å². The van der Waals surface area contributed by atoms with Gasteiger partial charge in [-0.1, -0.05) is 32.1 Å². The van der Waals surface area contributed by atoms with E-state index < -0.39 is 25.8 Å². The Morgan fingerprint density at radius 1 is 1.12 bits per heavy atom. The molecule has 0 saturated carbocycles. The molecule has 178 valence electrons. The molecule has 0 aliphatic carbocycles. The van der Waals surface area contributed by atoms with Crippen molar-refractivity contribution in [3.8, 4) is 11.5 Å². The smallest absolute Gasteiger partial charge is 0.408 e. The van der Waals surface area contributed by atoms with Crippen LogP contribution < -0.4 is 14.4 Å². The Morgan fingerprint density at radius 2 is 1.79 bits per heavy atom. The summed E-state index contributed by atoms with van der Waals surface area (Å²) in [7, 11) is -4.71. The van der Waals surface area contributed by atoms with Crippen LogP contribution in [0.2, 0.25) is 0 Å². The first kappa shape index (κ1) is 25.0. The van der Waals surface area contributed by atoms with Gasteiger partial charge in [-0.2, -0.15) is 25.5 Å². The second kappa shape index (κ2) is 9.32. The number of hydrogen-bond acceptors (Lipinski definition) is 4. The summed E-state index contributed by atoms with van der Waals surface area (Å²) in [6.45, 7) is 5.88. The predicted octanol–water partition coefficient (Wildman–Crippen LogP) is 5.52. The number of nitrogens with zero attached hydrogens (tertiary/aromatic N) is 1. The molecule has 0 saturated heterocycles. The van der Waals surface area contributed by atoms with Crippen molar-refractivity contribution in [1.82, 2.24) is 3.89 Å². The van der Waals surface area contributed by atoms with Crippen molar-refractivity contribution in [2.45, 2.75) is 32.9 Å². The molecule has 2 aromatic carbocycles. The van der Waals surface area contributed by atoms with E-state index in [0.29, 0.717) is 17.1 Å². The van der Waals surface area contributed by atoms with Crippen LogP contribution in [0.25, 0.3) is 0 Å². The molecule has 1 heterocycles. The van der Waals surface area contributed by atoms with Crippen molar-refractivity contribution in [3.05, 3.63) is 77.5 Å². The Bertz CT molecular complexity index is 1170. The summed E-state index contributed by atoms with van der Waals surface area (Å²) in [6, 6.07) is 12.0. The highest BCUT2D eigenvalue weighted by atomic mass is 32.2. The normalized spacial score (nSPS) is 19.0. The van der Waals surface area contributed by atoms with Gasteiger partial charge in [0, 0.05) is 24.3 Å². The Kier molecular flexibility index (Phi) is 7.07. The van der Waals surface area contributed by atoms with Crippen LogP contribution >= 0.6 is 0 Å². The number of quaternary nitrogens is 1. The molecule has 9 heteroatoms. The zero-order valence-corrected chi connectivity index (χ0v) is 19.6. The number of nitrogens with two attached hydrogens (primary N) is 1. The molecule has 1 aliphatic heterocycles. The van der Waals surface area contributed by atoms with E-state index >= 15 is 0 Å². The number of sulfonamides is 1. The first-order chi connectivity index (χ1) is 15.4. The molecule has 33 heavy (non-hydrogen) atoms. The SMILES string of the molecule is Cc1ccc(C(C)C)c(Oc2ccc([N+]3(S(=O)(=O)CC(F)(F)F)C=C(CN)C=CC3)cc2)c1. The van der Waals surface area contributed by atoms with Crippen LogP contribution in [0.1, 0.15) is 30.9 Å². The van der Waals surface area contributed by atoms with Gasteiger partial charge >= 0.3 is 16.2 Å². The number of ether oxygens (including phenoxy) is 1. The molecule has 0 aromatic heterocycles. The van der Waals surface area contributed by atoms with Crippen LogP contribution in [0, 0.1) is 6.92 Å². The maximum Gasteiger partial charge on any atom is 0.408 e. The zero-order valence-electron chi connectivity index (χ0n) is 18.8. The first-order valence-corrected chi connectivity index (χ1v) is 12.1. The number of aryl methyl sites for hydroxylation is 1. The minimum atomic E-state index is -4.87. The molecule has 1 aliphatic rings. The van der Waals surface area contributed by atoms with Crippen molar-refractivity contribution in [1.29, 1.82) is 0 Å². The van der Waals surface area contributed by atoms with E-state index in [9.17, 15) is 21.6 Å². The average molecular weight is 482 g/mol. The highest BCUT2D eigenvalue weighted by Crippen LogP contribution is 2.37. The van der Waals surface area contributed by atoms with E-state index in [1.54, 1.807) is 18.2 Å². The minimum Gasteiger partial charge on any atom is -0.457 e. The second-order valence-corrected chi connectivity index (χ2v) is 10.5. The lowest BCUT2D eigenvalue weighted by Gasteiger charge is -2.34. The van der Waals surface area contributed by atoms with E-state index in [1.807, 2.05) is 39.0 Å². The predicted molar refractivity (Wildman–Crippen MR) is 125 cm³/mol. The molecule has 5 nitrogen and oxygen atoms in total. The lowest BCUT2D eigenvalue weighted by molar-refractivity contribution is -0.106. The fraction of sp³-hybridized carbons (Fsp3) is 0.333. The van der Waals surface area contributed by atoms with Gasteiger partial charge in [-0.25, -0.2) is 0 Å². The Balaban J connectivity index is 2.02. The molecule has 0 fully saturated rings. The lowest BCUT2D eigenvalue weighted by Crippen LogP contribution is -2.54. The third-order valence-corrected chi connectivity index (χ3v) is 7.60. The summed E-state index contributed by atoms with van der Waals surface area (Å²) < 4.78 is 70.5. The van der Waals surface area contributed by atoms with Crippen LogP contribution in [0.15, 0.2) is 66.4 Å². The molecule has 1 unspecified atom stereocenters. The third-order valence-electron chi connectivity index (χ3n) is 5.45. The zero-order chi connectivity index (χ0) is 24.4. The van der Waals surface area contributed by atoms with Crippen molar-refractivity contribution in [2.75, 3.05) is 18.8 Å². The molecule has 0 amide bonds. The van der Waals surface area contributed by atoms with Gasteiger partial charge in [-0.3, -0.25) is 0 Å². The van der Waals surface area contributed by atoms with Gasteiger partial charge in [-0.05, 0) is 48.2 Å². The molecule has 0 radical (unpaired) electrons. The van der Waals surface area contributed by atoms with E-state index in [2.05, 4.69) is 0 Å². The quantitative estimate of drug-likeness (QED) is 0.529. The van der Waals surface area contributed by atoms with Gasteiger partial charge < -0.3 is 10.5 Å². The van der Waals surface area contributed by atoms with E-state index in [0.717, 1.165) is 11.1 Å². The standard InChI is InChI=1S/C24H28F3N2O3S/c1-17(2)22-11-6-18(3)13-23(22)32-21-9-7-20(8-10-21)29(12-4-5-19(14-28)15-29)33(30,31)16-24(25,26)27/h4-11,13,15,17H,12,14,16,28H2,1-3H3/q+1. The molecule has 0 spiro atoms. The first-order valence-electron chi connectivity index (χ1n) is 10.5. The number of halogens is 3. The van der Waals surface area contributed by atoms with Crippen LogP contribution in [0.3, 0.4) is 0 Å². The van der Waals surface area contributed by atoms with E-state index in [1.165, 1.54) is 24.4 Å². The van der Waals surface area contributed by atoms with Crippen molar-refractivity contribution in [3.63, 3.8) is 0 Å². The maximum absolute atomic E-state index is 13.1. The second-order valence-electron chi connectivity index (χ2n) is 8.42. The minimum absolute atomic E-state index is 0.00453.